The summed E-state index contributed by atoms with van der Waals surface area (Å²) in [5, 5.41) is 33.1. The van der Waals surface area contributed by atoms with Gasteiger partial charge >= 0.3 is 6.09 Å². The minimum atomic E-state index is -1.27. The van der Waals surface area contributed by atoms with Gasteiger partial charge in [0.15, 0.2) is 5.78 Å². The maximum Gasteiger partial charge on any atom is 0.407 e. The van der Waals surface area contributed by atoms with Crippen molar-refractivity contribution in [2.24, 2.45) is 0 Å². The predicted molar refractivity (Wildman–Crippen MR) is 127 cm³/mol. The van der Waals surface area contributed by atoms with Gasteiger partial charge in [0.05, 0.1) is 11.7 Å². The number of nitrogens with one attached hydrogen (secondary N) is 1. The highest BCUT2D eigenvalue weighted by atomic mass is 16.5. The molecular formula is C27H27NO6. The minimum Gasteiger partial charge on any atom is -0.507 e. The van der Waals surface area contributed by atoms with E-state index >= 15 is 0 Å². The van der Waals surface area contributed by atoms with E-state index in [0.29, 0.717) is 5.56 Å². The van der Waals surface area contributed by atoms with E-state index < -0.39 is 18.3 Å². The summed E-state index contributed by atoms with van der Waals surface area (Å²) in [5.74, 6) is -0.580. The summed E-state index contributed by atoms with van der Waals surface area (Å²) in [7, 11) is 0. The number of aliphatic hydroxyl groups is 2. The second-order valence-corrected chi connectivity index (χ2v) is 8.39. The molecule has 34 heavy (non-hydrogen) atoms. The maximum atomic E-state index is 12.3. The van der Waals surface area contributed by atoms with E-state index in [-0.39, 0.29) is 42.6 Å². The van der Waals surface area contributed by atoms with Crippen LogP contribution in [0.25, 0.3) is 11.1 Å². The molecule has 0 bridgehead atoms. The number of benzene rings is 3. The van der Waals surface area contributed by atoms with E-state index in [1.54, 1.807) is 0 Å². The lowest BCUT2D eigenvalue weighted by molar-refractivity contribution is 0.0136. The van der Waals surface area contributed by atoms with Crippen LogP contribution in [-0.2, 0) is 4.74 Å². The topological polar surface area (TPSA) is 116 Å². The molecule has 0 fully saturated rings. The van der Waals surface area contributed by atoms with Crippen LogP contribution in [0.2, 0.25) is 0 Å². The van der Waals surface area contributed by atoms with Crippen molar-refractivity contribution >= 4 is 11.9 Å². The number of fused-ring (bicyclic) bond motifs is 3. The first kappa shape index (κ1) is 23.5. The maximum absolute atomic E-state index is 12.3. The number of aromatic hydroxyl groups is 1. The SMILES string of the molecule is CC(=O)c1cc(C(O)C(O)CCNC(=O)OCC2c3ccccc3-c3ccccc32)ccc1O. The van der Waals surface area contributed by atoms with Crippen LogP contribution in [-0.4, -0.2) is 46.5 Å². The molecule has 1 aliphatic carbocycles. The minimum absolute atomic E-state index is 0.0458. The third-order valence-electron chi connectivity index (χ3n) is 6.16. The van der Waals surface area contributed by atoms with E-state index in [1.807, 2.05) is 36.4 Å². The van der Waals surface area contributed by atoms with E-state index in [2.05, 4.69) is 17.4 Å². The molecule has 0 saturated heterocycles. The first-order valence-corrected chi connectivity index (χ1v) is 11.2. The summed E-state index contributed by atoms with van der Waals surface area (Å²) in [6.45, 7) is 1.58. The van der Waals surface area contributed by atoms with Gasteiger partial charge in [0.25, 0.3) is 0 Å². The normalized spacial score (nSPS) is 14.1. The lowest BCUT2D eigenvalue weighted by Gasteiger charge is -2.19. The quantitative estimate of drug-likeness (QED) is 0.378. The average Bonchev–Trinajstić information content (AvgIpc) is 3.16. The number of ketones is 1. The number of carbonyl (C=O) groups excluding carboxylic acids is 2. The number of amides is 1. The van der Waals surface area contributed by atoms with Gasteiger partial charge in [-0.2, -0.15) is 0 Å². The summed E-state index contributed by atoms with van der Waals surface area (Å²) in [4.78, 5) is 23.8. The van der Waals surface area contributed by atoms with Crippen LogP contribution in [0.1, 0.15) is 52.4 Å². The number of ether oxygens (including phenoxy) is 1. The Bertz CT molecular complexity index is 1160. The first-order chi connectivity index (χ1) is 16.4. The van der Waals surface area contributed by atoms with Gasteiger partial charge in [0.1, 0.15) is 18.5 Å². The number of hydrogen-bond donors (Lipinski definition) is 4. The van der Waals surface area contributed by atoms with Crippen molar-refractivity contribution in [2.45, 2.75) is 31.5 Å². The summed E-state index contributed by atoms with van der Waals surface area (Å²) >= 11 is 0. The molecule has 0 aliphatic heterocycles. The molecule has 0 saturated carbocycles. The predicted octanol–water partition coefficient (Wildman–Crippen LogP) is 3.92. The highest BCUT2D eigenvalue weighted by Crippen LogP contribution is 2.44. The van der Waals surface area contributed by atoms with Gasteiger partial charge in [-0.3, -0.25) is 4.79 Å². The van der Waals surface area contributed by atoms with Crippen LogP contribution >= 0.6 is 0 Å². The van der Waals surface area contributed by atoms with Crippen molar-refractivity contribution in [3.8, 4) is 16.9 Å². The lowest BCUT2D eigenvalue weighted by atomic mass is 9.98. The van der Waals surface area contributed by atoms with E-state index in [9.17, 15) is 24.9 Å². The first-order valence-electron chi connectivity index (χ1n) is 11.2. The Morgan fingerprint density at radius 1 is 0.971 bits per heavy atom. The van der Waals surface area contributed by atoms with Crippen LogP contribution < -0.4 is 5.32 Å². The zero-order valence-electron chi connectivity index (χ0n) is 18.8. The Balaban J connectivity index is 1.29. The summed E-state index contributed by atoms with van der Waals surface area (Å²) in [6.07, 6.45) is -2.99. The smallest absolute Gasteiger partial charge is 0.407 e. The fraction of sp³-hybridized carbons (Fsp3) is 0.259. The van der Waals surface area contributed by atoms with E-state index in [1.165, 1.54) is 25.1 Å². The number of rotatable bonds is 8. The second-order valence-electron chi connectivity index (χ2n) is 8.39. The Labute approximate surface area is 197 Å². The number of phenolic OH excluding ortho intramolecular Hbond substituents is 1. The molecule has 0 spiro atoms. The zero-order chi connectivity index (χ0) is 24.2. The number of phenols is 1. The fourth-order valence-corrected chi connectivity index (χ4v) is 4.37. The van der Waals surface area contributed by atoms with Gasteiger partial charge in [0, 0.05) is 12.5 Å². The Kier molecular flexibility index (Phi) is 6.95. The molecule has 0 aromatic heterocycles. The molecule has 7 nitrogen and oxygen atoms in total. The fourth-order valence-electron chi connectivity index (χ4n) is 4.37. The zero-order valence-corrected chi connectivity index (χ0v) is 18.8. The lowest BCUT2D eigenvalue weighted by Crippen LogP contribution is -2.30. The van der Waals surface area contributed by atoms with Crippen LogP contribution in [0.15, 0.2) is 66.7 Å². The van der Waals surface area contributed by atoms with Crippen LogP contribution in [0.3, 0.4) is 0 Å². The Hall–Kier alpha value is -3.68. The van der Waals surface area contributed by atoms with Gasteiger partial charge in [-0.1, -0.05) is 54.6 Å². The highest BCUT2D eigenvalue weighted by molar-refractivity contribution is 5.96. The Morgan fingerprint density at radius 2 is 1.59 bits per heavy atom. The third kappa shape index (κ3) is 4.81. The molecule has 2 unspecified atom stereocenters. The summed E-state index contributed by atoms with van der Waals surface area (Å²) < 4.78 is 5.46. The average molecular weight is 462 g/mol. The monoisotopic (exact) mass is 461 g/mol. The third-order valence-corrected chi connectivity index (χ3v) is 6.16. The van der Waals surface area contributed by atoms with Crippen molar-refractivity contribution < 1.29 is 29.6 Å². The van der Waals surface area contributed by atoms with Gasteiger partial charge in [0.2, 0.25) is 0 Å². The number of alkyl carbamates (subject to hydrolysis) is 1. The van der Waals surface area contributed by atoms with Crippen LogP contribution in [0, 0.1) is 0 Å². The van der Waals surface area contributed by atoms with Gasteiger partial charge in [-0.05, 0) is 53.3 Å². The molecule has 0 heterocycles. The molecule has 3 aromatic rings. The highest BCUT2D eigenvalue weighted by Gasteiger charge is 2.29. The number of hydrogen-bond acceptors (Lipinski definition) is 6. The molecule has 7 heteroatoms. The van der Waals surface area contributed by atoms with Crippen LogP contribution in [0.5, 0.6) is 5.75 Å². The molecular weight excluding hydrogens is 434 g/mol. The molecule has 4 N–H and O–H groups in total. The van der Waals surface area contributed by atoms with Crippen molar-refractivity contribution in [2.75, 3.05) is 13.2 Å². The standard InChI is InChI=1S/C27H27NO6/c1-16(29)22-14-17(10-11-24(22)30)26(32)25(31)12-13-28-27(33)34-15-23-20-8-4-2-6-18(20)19-7-3-5-9-21(19)23/h2-11,14,23,25-26,30-32H,12-13,15H2,1H3,(H,28,33). The van der Waals surface area contributed by atoms with Gasteiger partial charge in [-0.25, -0.2) is 4.79 Å². The van der Waals surface area contributed by atoms with Gasteiger partial charge < -0.3 is 25.4 Å². The van der Waals surface area contributed by atoms with Crippen molar-refractivity contribution in [3.05, 3.63) is 89.0 Å². The number of Topliss-reactive ketones (excluding diaryl/α,β-unsaturated/α-hetero) is 1. The molecule has 176 valence electrons. The van der Waals surface area contributed by atoms with Crippen molar-refractivity contribution in [1.82, 2.24) is 5.32 Å². The molecule has 3 aromatic carbocycles. The van der Waals surface area contributed by atoms with Crippen molar-refractivity contribution in [3.63, 3.8) is 0 Å². The number of carbonyl (C=O) groups is 2. The van der Waals surface area contributed by atoms with Gasteiger partial charge in [-0.15, -0.1) is 0 Å². The second kappa shape index (κ2) is 10.1. The van der Waals surface area contributed by atoms with Crippen LogP contribution in [0.4, 0.5) is 4.79 Å². The molecule has 0 radical (unpaired) electrons. The van der Waals surface area contributed by atoms with E-state index in [4.69, 9.17) is 4.74 Å². The number of aliphatic hydroxyl groups excluding tert-OH is 2. The van der Waals surface area contributed by atoms with E-state index in [0.717, 1.165) is 22.3 Å². The molecule has 1 aliphatic rings. The molecule has 4 rings (SSSR count). The molecule has 2 atom stereocenters. The van der Waals surface area contributed by atoms with Crippen molar-refractivity contribution in [1.29, 1.82) is 0 Å². The Morgan fingerprint density at radius 3 is 2.21 bits per heavy atom. The summed E-state index contributed by atoms with van der Waals surface area (Å²) in [6, 6.07) is 20.2. The molecule has 1 amide bonds. The summed E-state index contributed by atoms with van der Waals surface area (Å²) in [5.41, 5.74) is 4.90. The largest absolute Gasteiger partial charge is 0.507 e.